The van der Waals surface area contributed by atoms with Crippen molar-refractivity contribution in [3.63, 3.8) is 0 Å². The van der Waals surface area contributed by atoms with Gasteiger partial charge in [-0.05, 0) is 30.3 Å². The molecule has 3 amide bonds. The lowest BCUT2D eigenvalue weighted by Crippen LogP contribution is -2.59. The fourth-order valence-electron chi connectivity index (χ4n) is 2.67. The molecule has 32 heavy (non-hydrogen) atoms. The highest BCUT2D eigenvalue weighted by molar-refractivity contribution is 7.98. The molecule has 0 aromatic carbocycles. The molecule has 0 saturated heterocycles. The van der Waals surface area contributed by atoms with Crippen LogP contribution in [0.15, 0.2) is 0 Å². The summed E-state index contributed by atoms with van der Waals surface area (Å²) in [5, 5.41) is 25.5. The van der Waals surface area contributed by atoms with Crippen molar-refractivity contribution in [2.45, 2.75) is 71.1 Å². The minimum atomic E-state index is -1.64. The Morgan fingerprint density at radius 1 is 0.906 bits per heavy atom. The van der Waals surface area contributed by atoms with Crippen LogP contribution >= 0.6 is 11.8 Å². The van der Waals surface area contributed by atoms with Crippen molar-refractivity contribution < 1.29 is 34.2 Å². The Bertz CT molecular complexity index is 674. The van der Waals surface area contributed by atoms with Gasteiger partial charge in [-0.1, -0.05) is 34.1 Å². The van der Waals surface area contributed by atoms with Crippen molar-refractivity contribution in [3.05, 3.63) is 0 Å². The van der Waals surface area contributed by atoms with Crippen molar-refractivity contribution >= 4 is 41.4 Å². The Morgan fingerprint density at radius 3 is 1.91 bits per heavy atom. The van der Waals surface area contributed by atoms with Crippen LogP contribution in [0.1, 0.15) is 47.0 Å². The largest absolute Gasteiger partial charge is 0.481 e. The molecule has 0 spiro atoms. The second kappa shape index (κ2) is 14.7. The summed E-state index contributed by atoms with van der Waals surface area (Å²) in [5.41, 5.74) is 5.86. The first-order chi connectivity index (χ1) is 14.8. The molecule has 0 aromatic heterocycles. The van der Waals surface area contributed by atoms with Crippen LogP contribution in [0.4, 0.5) is 0 Å². The van der Waals surface area contributed by atoms with Crippen molar-refractivity contribution in [2.75, 3.05) is 12.0 Å². The maximum atomic E-state index is 12.9. The van der Waals surface area contributed by atoms with Gasteiger partial charge in [0.1, 0.15) is 18.1 Å². The number of carboxylic acids is 2. The van der Waals surface area contributed by atoms with Gasteiger partial charge in [-0.3, -0.25) is 19.2 Å². The quantitative estimate of drug-likeness (QED) is 0.186. The molecule has 0 aliphatic rings. The minimum absolute atomic E-state index is 0.139. The molecule has 0 rings (SSSR count). The van der Waals surface area contributed by atoms with Crippen LogP contribution in [-0.2, 0) is 24.0 Å². The summed E-state index contributed by atoms with van der Waals surface area (Å²) >= 11 is 1.48. The molecular formula is C20H36N4O7S. The highest BCUT2D eigenvalue weighted by Gasteiger charge is 2.33. The van der Waals surface area contributed by atoms with Gasteiger partial charge in [-0.25, -0.2) is 4.79 Å². The molecule has 0 radical (unpaired) electrons. The predicted octanol–water partition coefficient (Wildman–Crippen LogP) is -0.217. The standard InChI is InChI=1S/C20H36N4O7S/c1-6-11(4)16(19(29)23-13(20(30)31)9-14(25)26)24-17(27)12(7-8-32-5)22-18(28)15(21)10(2)3/h10-13,15-16H,6-9,21H2,1-5H3,(H,22,28)(H,23,29)(H,24,27)(H,25,26)(H,30,31). The fraction of sp³-hybridized carbons (Fsp3) is 0.750. The summed E-state index contributed by atoms with van der Waals surface area (Å²) in [6, 6.07) is -4.50. The predicted molar refractivity (Wildman–Crippen MR) is 121 cm³/mol. The number of nitrogens with one attached hydrogen (secondary N) is 3. The highest BCUT2D eigenvalue weighted by atomic mass is 32.2. The lowest BCUT2D eigenvalue weighted by atomic mass is 9.97. The van der Waals surface area contributed by atoms with Crippen LogP contribution < -0.4 is 21.7 Å². The minimum Gasteiger partial charge on any atom is -0.481 e. The zero-order valence-electron chi connectivity index (χ0n) is 19.2. The van der Waals surface area contributed by atoms with Crippen LogP contribution in [0, 0.1) is 11.8 Å². The van der Waals surface area contributed by atoms with E-state index in [1.165, 1.54) is 11.8 Å². The first-order valence-electron chi connectivity index (χ1n) is 10.5. The van der Waals surface area contributed by atoms with Crippen LogP contribution in [0.3, 0.4) is 0 Å². The summed E-state index contributed by atoms with van der Waals surface area (Å²) in [6.07, 6.45) is 1.83. The van der Waals surface area contributed by atoms with E-state index in [1.54, 1.807) is 27.7 Å². The number of carbonyl (C=O) groups excluding carboxylic acids is 3. The van der Waals surface area contributed by atoms with E-state index >= 15 is 0 Å². The number of amides is 3. The lowest BCUT2D eigenvalue weighted by molar-refractivity contribution is -0.147. The molecule has 5 atom stereocenters. The van der Waals surface area contributed by atoms with Crippen molar-refractivity contribution in [1.29, 1.82) is 0 Å². The highest BCUT2D eigenvalue weighted by Crippen LogP contribution is 2.11. The Kier molecular flexibility index (Phi) is 13.6. The van der Waals surface area contributed by atoms with Gasteiger partial charge in [0.15, 0.2) is 0 Å². The second-order valence-electron chi connectivity index (χ2n) is 7.98. The number of carboxylic acid groups (broad SMARTS) is 2. The lowest BCUT2D eigenvalue weighted by Gasteiger charge is -2.28. The number of carbonyl (C=O) groups is 5. The molecule has 0 aliphatic carbocycles. The molecule has 12 heteroatoms. The Balaban J connectivity index is 5.54. The van der Waals surface area contributed by atoms with E-state index in [0.717, 1.165) is 0 Å². The van der Waals surface area contributed by atoms with Crippen LogP contribution in [0.5, 0.6) is 0 Å². The van der Waals surface area contributed by atoms with Gasteiger partial charge < -0.3 is 31.9 Å². The smallest absolute Gasteiger partial charge is 0.326 e. The molecule has 7 N–H and O–H groups in total. The third-order valence-corrected chi connectivity index (χ3v) is 5.70. The first kappa shape index (κ1) is 29.7. The molecule has 0 bridgehead atoms. The SMILES string of the molecule is CCC(C)C(NC(=O)C(CCSC)NC(=O)C(N)C(C)C)C(=O)NC(CC(=O)O)C(=O)O. The molecule has 0 fully saturated rings. The van der Waals surface area contributed by atoms with E-state index in [4.69, 9.17) is 10.8 Å². The molecule has 184 valence electrons. The summed E-state index contributed by atoms with van der Waals surface area (Å²) in [4.78, 5) is 60.2. The molecule has 11 nitrogen and oxygen atoms in total. The summed E-state index contributed by atoms with van der Waals surface area (Å²) in [7, 11) is 0. The average Bonchev–Trinajstić information content (AvgIpc) is 2.72. The van der Waals surface area contributed by atoms with Crippen molar-refractivity contribution in [2.24, 2.45) is 17.6 Å². The molecule has 0 heterocycles. The number of aliphatic carboxylic acids is 2. The van der Waals surface area contributed by atoms with Gasteiger partial charge in [0.2, 0.25) is 17.7 Å². The number of rotatable bonds is 15. The maximum absolute atomic E-state index is 12.9. The Morgan fingerprint density at radius 2 is 1.47 bits per heavy atom. The van der Waals surface area contributed by atoms with E-state index in [9.17, 15) is 29.1 Å². The fourth-order valence-corrected chi connectivity index (χ4v) is 3.14. The Hall–Kier alpha value is -2.34. The Labute approximate surface area is 192 Å². The first-order valence-corrected chi connectivity index (χ1v) is 11.8. The third kappa shape index (κ3) is 10.3. The van der Waals surface area contributed by atoms with Crippen LogP contribution in [0.25, 0.3) is 0 Å². The van der Waals surface area contributed by atoms with E-state index in [0.29, 0.717) is 18.6 Å². The number of hydrogen-bond donors (Lipinski definition) is 6. The number of thioether (sulfide) groups is 1. The van der Waals surface area contributed by atoms with Crippen LogP contribution in [-0.4, -0.2) is 76.0 Å². The molecule has 0 aliphatic heterocycles. The summed E-state index contributed by atoms with van der Waals surface area (Å²) < 4.78 is 0. The van der Waals surface area contributed by atoms with E-state index in [-0.39, 0.29) is 11.8 Å². The van der Waals surface area contributed by atoms with Gasteiger partial charge in [-0.15, -0.1) is 0 Å². The van der Waals surface area contributed by atoms with Crippen LogP contribution in [0.2, 0.25) is 0 Å². The number of hydrogen-bond acceptors (Lipinski definition) is 7. The van der Waals surface area contributed by atoms with E-state index in [1.807, 2.05) is 6.26 Å². The maximum Gasteiger partial charge on any atom is 0.326 e. The summed E-state index contributed by atoms with van der Waals surface area (Å²) in [6.45, 7) is 7.04. The van der Waals surface area contributed by atoms with Gasteiger partial charge in [0, 0.05) is 0 Å². The second-order valence-corrected chi connectivity index (χ2v) is 8.97. The van der Waals surface area contributed by atoms with Crippen molar-refractivity contribution in [1.82, 2.24) is 16.0 Å². The van der Waals surface area contributed by atoms with Gasteiger partial charge in [0.25, 0.3) is 0 Å². The summed E-state index contributed by atoms with van der Waals surface area (Å²) in [5.74, 6) is -4.74. The average molecular weight is 477 g/mol. The normalized spacial score (nSPS) is 15.7. The molecule has 0 aromatic rings. The molecule has 5 unspecified atom stereocenters. The topological polar surface area (TPSA) is 188 Å². The molecule has 0 saturated carbocycles. The third-order valence-electron chi connectivity index (χ3n) is 5.05. The zero-order chi connectivity index (χ0) is 25.0. The van der Waals surface area contributed by atoms with Gasteiger partial charge in [0.05, 0.1) is 12.5 Å². The monoisotopic (exact) mass is 476 g/mol. The number of nitrogens with two attached hydrogens (primary N) is 1. The van der Waals surface area contributed by atoms with Gasteiger partial charge in [-0.2, -0.15) is 11.8 Å². The zero-order valence-corrected chi connectivity index (χ0v) is 20.0. The van der Waals surface area contributed by atoms with Gasteiger partial charge >= 0.3 is 11.9 Å². The van der Waals surface area contributed by atoms with E-state index in [2.05, 4.69) is 16.0 Å². The van der Waals surface area contributed by atoms with Crippen molar-refractivity contribution in [3.8, 4) is 0 Å². The molecular weight excluding hydrogens is 440 g/mol. The van der Waals surface area contributed by atoms with E-state index < -0.39 is 60.2 Å².